The number of nitrogen functional groups attached to an aromatic ring is 1. The Bertz CT molecular complexity index is 937. The van der Waals surface area contributed by atoms with Gasteiger partial charge in [0, 0.05) is 31.0 Å². The van der Waals surface area contributed by atoms with Crippen LogP contribution in [0.5, 0.6) is 0 Å². The zero-order chi connectivity index (χ0) is 21.2. The lowest BCUT2D eigenvalue weighted by atomic mass is 10.0. The molecule has 1 fully saturated rings. The van der Waals surface area contributed by atoms with Crippen LogP contribution < -0.4 is 11.1 Å². The first kappa shape index (κ1) is 20.8. The van der Waals surface area contributed by atoms with Gasteiger partial charge in [-0.25, -0.2) is 9.50 Å². The highest BCUT2D eigenvalue weighted by molar-refractivity contribution is 6.04. The zero-order valence-corrected chi connectivity index (χ0v) is 15.6. The van der Waals surface area contributed by atoms with Gasteiger partial charge in [-0.05, 0) is 13.5 Å². The lowest BCUT2D eigenvalue weighted by molar-refractivity contribution is -0.191. The van der Waals surface area contributed by atoms with E-state index in [9.17, 15) is 18.0 Å². The van der Waals surface area contributed by atoms with E-state index in [1.807, 2.05) is 11.0 Å². The van der Waals surface area contributed by atoms with Crippen molar-refractivity contribution in [2.75, 3.05) is 32.5 Å². The predicted octanol–water partition coefficient (Wildman–Crippen LogP) is 0.759. The molecular weight excluding hydrogens is 391 g/mol. The number of ether oxygens (including phenoxy) is 1. The fourth-order valence-corrected chi connectivity index (χ4v) is 3.26. The highest BCUT2D eigenvalue weighted by Gasteiger charge is 2.35. The van der Waals surface area contributed by atoms with Gasteiger partial charge in [0.2, 0.25) is 0 Å². The fourth-order valence-electron chi connectivity index (χ4n) is 3.26. The van der Waals surface area contributed by atoms with Gasteiger partial charge in [-0.1, -0.05) is 0 Å². The van der Waals surface area contributed by atoms with Gasteiger partial charge < -0.3 is 20.7 Å². The Kier molecular flexibility index (Phi) is 5.90. The van der Waals surface area contributed by atoms with Gasteiger partial charge in [-0.3, -0.25) is 4.79 Å². The molecule has 2 aromatic heterocycles. The molecule has 0 spiro atoms. The number of halogens is 3. The van der Waals surface area contributed by atoms with Crippen LogP contribution in [-0.4, -0.2) is 70.5 Å². The number of likely N-dealkylation sites (N-methyl/N-ethyl adjacent to an activating group) is 1. The van der Waals surface area contributed by atoms with Crippen LogP contribution in [-0.2, 0) is 11.2 Å². The van der Waals surface area contributed by atoms with Crippen molar-refractivity contribution in [2.24, 2.45) is 0 Å². The van der Waals surface area contributed by atoms with Gasteiger partial charge in [-0.15, -0.1) is 5.10 Å². The number of rotatable bonds is 5. The van der Waals surface area contributed by atoms with Crippen LogP contribution in [0.4, 0.5) is 19.0 Å². The fraction of sp³-hybridized carbons (Fsp3) is 0.529. The third kappa shape index (κ3) is 4.93. The summed E-state index contributed by atoms with van der Waals surface area (Å²) in [5, 5.41) is 15.5. The summed E-state index contributed by atoms with van der Waals surface area (Å²) >= 11 is 0. The number of nitriles is 1. The van der Waals surface area contributed by atoms with E-state index in [2.05, 4.69) is 15.4 Å². The Morgan fingerprint density at radius 1 is 1.52 bits per heavy atom. The lowest BCUT2D eigenvalue weighted by Crippen LogP contribution is -2.55. The summed E-state index contributed by atoms with van der Waals surface area (Å²) in [6.45, 7) is -0.500. The van der Waals surface area contributed by atoms with Crippen molar-refractivity contribution in [3.05, 3.63) is 23.5 Å². The summed E-state index contributed by atoms with van der Waals surface area (Å²) in [4.78, 5) is 18.9. The van der Waals surface area contributed by atoms with E-state index in [-0.39, 0.29) is 23.4 Å². The van der Waals surface area contributed by atoms with Gasteiger partial charge in [0.15, 0.2) is 11.5 Å². The first-order chi connectivity index (χ1) is 13.7. The summed E-state index contributed by atoms with van der Waals surface area (Å²) in [6, 6.07) is 1.33. The second kappa shape index (κ2) is 8.22. The molecule has 3 heterocycles. The van der Waals surface area contributed by atoms with Crippen LogP contribution in [0.15, 0.2) is 12.4 Å². The molecule has 12 heteroatoms. The molecule has 0 aromatic carbocycles. The number of nitrogens with zero attached hydrogens (tertiary/aromatic N) is 5. The number of nitrogens with two attached hydrogens (primary N) is 1. The second-order valence-corrected chi connectivity index (χ2v) is 6.92. The molecule has 0 saturated carbocycles. The van der Waals surface area contributed by atoms with E-state index < -0.39 is 30.8 Å². The van der Waals surface area contributed by atoms with Crippen LogP contribution >= 0.6 is 0 Å². The number of carbonyl (C=O) groups is 1. The Balaban J connectivity index is 1.80. The van der Waals surface area contributed by atoms with Crippen molar-refractivity contribution >= 4 is 17.4 Å². The van der Waals surface area contributed by atoms with Crippen molar-refractivity contribution in [2.45, 2.75) is 31.2 Å². The molecule has 2 aromatic rings. The summed E-state index contributed by atoms with van der Waals surface area (Å²) in [5.41, 5.74) is 6.69. The smallest absolute Gasteiger partial charge is 0.381 e. The molecule has 0 aliphatic carbocycles. The molecule has 3 rings (SSSR count). The summed E-state index contributed by atoms with van der Waals surface area (Å²) in [7, 11) is 1.81. The number of piperidine rings is 1. The average molecular weight is 411 g/mol. The molecule has 29 heavy (non-hydrogen) atoms. The molecule has 1 saturated heterocycles. The third-order valence-electron chi connectivity index (χ3n) is 4.59. The average Bonchev–Trinajstić information content (AvgIpc) is 2.95. The van der Waals surface area contributed by atoms with Crippen molar-refractivity contribution in [3.63, 3.8) is 0 Å². The molecular formula is C17H20F3N7O2. The number of alkyl halides is 3. The number of nitrogens with one attached hydrogen (secondary N) is 1. The maximum Gasteiger partial charge on any atom is 0.411 e. The molecule has 156 valence electrons. The number of hydrogen-bond acceptors (Lipinski definition) is 7. The van der Waals surface area contributed by atoms with Crippen LogP contribution in [0.3, 0.4) is 0 Å². The van der Waals surface area contributed by atoms with Crippen molar-refractivity contribution in [1.82, 2.24) is 24.8 Å². The number of amides is 1. The number of aromatic nitrogens is 3. The molecule has 1 aliphatic heterocycles. The van der Waals surface area contributed by atoms with Crippen LogP contribution in [0.25, 0.3) is 5.65 Å². The topological polar surface area (TPSA) is 122 Å². The molecule has 0 radical (unpaired) electrons. The molecule has 2 atom stereocenters. The molecule has 0 bridgehead atoms. The minimum atomic E-state index is -4.45. The van der Waals surface area contributed by atoms with Crippen molar-refractivity contribution in [1.29, 1.82) is 5.26 Å². The van der Waals surface area contributed by atoms with E-state index in [1.54, 1.807) is 13.2 Å². The first-order valence-electron chi connectivity index (χ1n) is 8.85. The Labute approximate surface area is 164 Å². The minimum absolute atomic E-state index is 0.0244. The van der Waals surface area contributed by atoms with Crippen LogP contribution in [0.1, 0.15) is 22.3 Å². The third-order valence-corrected chi connectivity index (χ3v) is 4.59. The summed E-state index contributed by atoms with van der Waals surface area (Å²) < 4.78 is 43.9. The number of carbonyl (C=O) groups excluding carboxylic acids is 1. The van der Waals surface area contributed by atoms with Crippen LogP contribution in [0.2, 0.25) is 0 Å². The maximum absolute atomic E-state index is 12.8. The highest BCUT2D eigenvalue weighted by Crippen LogP contribution is 2.22. The molecule has 1 aliphatic rings. The van der Waals surface area contributed by atoms with E-state index in [1.165, 1.54) is 10.7 Å². The quantitative estimate of drug-likeness (QED) is 0.745. The van der Waals surface area contributed by atoms with Crippen molar-refractivity contribution < 1.29 is 22.7 Å². The van der Waals surface area contributed by atoms with Gasteiger partial charge in [-0.2, -0.15) is 18.4 Å². The predicted molar refractivity (Wildman–Crippen MR) is 95.9 cm³/mol. The zero-order valence-electron chi connectivity index (χ0n) is 15.6. The van der Waals surface area contributed by atoms with E-state index in [0.29, 0.717) is 25.1 Å². The molecule has 3 N–H and O–H groups in total. The summed E-state index contributed by atoms with van der Waals surface area (Å²) in [5.74, 6) is -0.667. The highest BCUT2D eigenvalue weighted by atomic mass is 19.4. The Morgan fingerprint density at radius 2 is 2.28 bits per heavy atom. The SMILES string of the molecule is CN1CCC(OCC(F)(F)F)C(NC(=O)c2c(N)nn3cc(CC#N)cnc23)C1. The molecule has 9 nitrogen and oxygen atoms in total. The Hall–Kier alpha value is -2.91. The van der Waals surface area contributed by atoms with Crippen LogP contribution in [0, 0.1) is 11.3 Å². The van der Waals surface area contributed by atoms with Gasteiger partial charge in [0.1, 0.15) is 12.2 Å². The second-order valence-electron chi connectivity index (χ2n) is 6.92. The van der Waals surface area contributed by atoms with E-state index in [0.717, 1.165) is 0 Å². The van der Waals surface area contributed by atoms with Gasteiger partial charge in [0.25, 0.3) is 5.91 Å². The van der Waals surface area contributed by atoms with Gasteiger partial charge in [0.05, 0.1) is 24.6 Å². The number of fused-ring (bicyclic) bond motifs is 1. The number of hydrogen-bond donors (Lipinski definition) is 2. The monoisotopic (exact) mass is 411 g/mol. The first-order valence-corrected chi connectivity index (χ1v) is 8.85. The largest absolute Gasteiger partial charge is 0.411 e. The van der Waals surface area contributed by atoms with E-state index >= 15 is 0 Å². The standard InChI is InChI=1S/C17H20F3N7O2/c1-26-5-3-12(29-9-17(18,19)20)11(8-26)24-16(28)13-14(22)25-27-7-10(2-4-21)6-23-15(13)27/h6-7,11-12H,2-3,5,8-9H2,1H3,(H2,22,25)(H,24,28). The number of likely N-dealkylation sites (tertiary alicyclic amines) is 1. The minimum Gasteiger partial charge on any atom is -0.381 e. The molecule has 2 unspecified atom stereocenters. The number of anilines is 1. The maximum atomic E-state index is 12.8. The Morgan fingerprint density at radius 3 is 2.97 bits per heavy atom. The lowest BCUT2D eigenvalue weighted by Gasteiger charge is -2.37. The van der Waals surface area contributed by atoms with Crippen molar-refractivity contribution in [3.8, 4) is 6.07 Å². The van der Waals surface area contributed by atoms with Gasteiger partial charge >= 0.3 is 6.18 Å². The normalized spacial score (nSPS) is 20.5. The molecule has 1 amide bonds. The summed E-state index contributed by atoms with van der Waals surface area (Å²) in [6.07, 6.45) is -1.78. The van der Waals surface area contributed by atoms with E-state index in [4.69, 9.17) is 15.7 Å².